The molecular formula is C30H34F2N2O2. The van der Waals surface area contributed by atoms with Gasteiger partial charge in [0.1, 0.15) is 17.4 Å². The van der Waals surface area contributed by atoms with Gasteiger partial charge >= 0.3 is 0 Å². The molecule has 3 aromatic carbocycles. The minimum absolute atomic E-state index is 0.0153. The molecule has 4 nitrogen and oxygen atoms in total. The second-order valence-corrected chi connectivity index (χ2v) is 10.4. The lowest BCUT2D eigenvalue weighted by Gasteiger charge is -2.32. The lowest BCUT2D eigenvalue weighted by molar-refractivity contribution is -0.134. The lowest BCUT2D eigenvalue weighted by atomic mass is 9.86. The minimum Gasteiger partial charge on any atom is -0.496 e. The van der Waals surface area contributed by atoms with Crippen molar-refractivity contribution < 1.29 is 18.3 Å². The van der Waals surface area contributed by atoms with E-state index in [-0.39, 0.29) is 35.5 Å². The molecule has 1 saturated heterocycles. The fraction of sp³-hybridized carbons (Fsp3) is 0.367. The van der Waals surface area contributed by atoms with Crippen molar-refractivity contribution in [1.29, 1.82) is 0 Å². The summed E-state index contributed by atoms with van der Waals surface area (Å²) in [5.74, 6) is -0.934. The van der Waals surface area contributed by atoms with Crippen LogP contribution in [0, 0.1) is 11.6 Å². The summed E-state index contributed by atoms with van der Waals surface area (Å²) in [5.41, 5.74) is 2.99. The summed E-state index contributed by atoms with van der Waals surface area (Å²) in [6.07, 6.45) is 0.877. The average Bonchev–Trinajstić information content (AvgIpc) is 3.29. The Morgan fingerprint density at radius 1 is 1.00 bits per heavy atom. The predicted octanol–water partition coefficient (Wildman–Crippen LogP) is 6.29. The molecule has 190 valence electrons. The number of carbonyl (C=O) groups is 1. The molecule has 6 heteroatoms. The second kappa shape index (κ2) is 10.8. The maximum atomic E-state index is 14.4. The molecule has 0 bridgehead atoms. The topological polar surface area (TPSA) is 41.6 Å². The van der Waals surface area contributed by atoms with Gasteiger partial charge in [-0.25, -0.2) is 8.78 Å². The van der Waals surface area contributed by atoms with E-state index < -0.39 is 11.6 Å². The van der Waals surface area contributed by atoms with Gasteiger partial charge in [0.25, 0.3) is 0 Å². The van der Waals surface area contributed by atoms with Crippen molar-refractivity contribution >= 4 is 5.91 Å². The molecular weight excluding hydrogens is 458 g/mol. The third-order valence-corrected chi connectivity index (χ3v) is 6.92. The van der Waals surface area contributed by atoms with Crippen LogP contribution in [0.4, 0.5) is 8.78 Å². The molecule has 4 rings (SSSR count). The number of ether oxygens (including phenoxy) is 1. The molecule has 0 aromatic heterocycles. The van der Waals surface area contributed by atoms with Gasteiger partial charge in [0, 0.05) is 17.7 Å². The number of hydrogen-bond donors (Lipinski definition) is 1. The Labute approximate surface area is 212 Å². The molecule has 0 saturated carbocycles. The first-order valence-electron chi connectivity index (χ1n) is 12.4. The average molecular weight is 493 g/mol. The lowest BCUT2D eigenvalue weighted by Crippen LogP contribution is -2.46. The van der Waals surface area contributed by atoms with Crippen molar-refractivity contribution in [2.45, 2.75) is 64.2 Å². The zero-order chi connectivity index (χ0) is 25.9. The van der Waals surface area contributed by atoms with E-state index in [9.17, 15) is 13.6 Å². The van der Waals surface area contributed by atoms with E-state index in [1.165, 1.54) is 23.8 Å². The van der Waals surface area contributed by atoms with Crippen LogP contribution in [0.2, 0.25) is 0 Å². The van der Waals surface area contributed by atoms with Gasteiger partial charge in [0.05, 0.1) is 25.7 Å². The van der Waals surface area contributed by atoms with E-state index in [1.807, 2.05) is 36.4 Å². The highest BCUT2D eigenvalue weighted by Crippen LogP contribution is 2.36. The van der Waals surface area contributed by atoms with Crippen LogP contribution in [-0.4, -0.2) is 24.1 Å². The number of hydrogen-bond acceptors (Lipinski definition) is 3. The van der Waals surface area contributed by atoms with Gasteiger partial charge in [0.2, 0.25) is 5.91 Å². The van der Waals surface area contributed by atoms with E-state index in [4.69, 9.17) is 4.74 Å². The summed E-state index contributed by atoms with van der Waals surface area (Å²) in [6.45, 7) is 6.98. The summed E-state index contributed by atoms with van der Waals surface area (Å²) in [7, 11) is 1.65. The van der Waals surface area contributed by atoms with Crippen molar-refractivity contribution in [2.75, 3.05) is 7.11 Å². The SMILES string of the molecule is COc1ccc(C(C)(C)C)cc1CNC1CCC(c2ccccc2)N1C(=O)Cc1c(F)cccc1F. The number of nitrogens with zero attached hydrogens (tertiary/aromatic N) is 1. The normalized spacial score (nSPS) is 17.9. The van der Waals surface area contributed by atoms with Gasteiger partial charge in [-0.05, 0) is 47.6 Å². The number of benzene rings is 3. The molecule has 1 amide bonds. The largest absolute Gasteiger partial charge is 0.496 e. The summed E-state index contributed by atoms with van der Waals surface area (Å²) in [5, 5.41) is 3.53. The summed E-state index contributed by atoms with van der Waals surface area (Å²) >= 11 is 0. The number of carbonyl (C=O) groups excluding carboxylic acids is 1. The molecule has 3 aromatic rings. The van der Waals surface area contributed by atoms with Crippen molar-refractivity contribution in [1.82, 2.24) is 10.2 Å². The smallest absolute Gasteiger partial charge is 0.228 e. The van der Waals surface area contributed by atoms with Crippen molar-refractivity contribution in [3.05, 3.63) is 101 Å². The fourth-order valence-electron chi connectivity index (χ4n) is 4.92. The highest BCUT2D eigenvalue weighted by molar-refractivity contribution is 5.80. The third kappa shape index (κ3) is 5.59. The Morgan fingerprint density at radius 2 is 1.69 bits per heavy atom. The highest BCUT2D eigenvalue weighted by Gasteiger charge is 2.38. The Morgan fingerprint density at radius 3 is 2.33 bits per heavy atom. The molecule has 0 spiro atoms. The number of likely N-dealkylation sites (tertiary alicyclic amines) is 1. The van der Waals surface area contributed by atoms with E-state index in [1.54, 1.807) is 12.0 Å². The molecule has 1 aliphatic rings. The molecule has 1 fully saturated rings. The van der Waals surface area contributed by atoms with Crippen LogP contribution in [0.3, 0.4) is 0 Å². The first kappa shape index (κ1) is 25.8. The van der Waals surface area contributed by atoms with Gasteiger partial charge in [0.15, 0.2) is 0 Å². The first-order valence-corrected chi connectivity index (χ1v) is 12.4. The van der Waals surface area contributed by atoms with E-state index >= 15 is 0 Å². The van der Waals surface area contributed by atoms with Gasteiger partial charge in [-0.3, -0.25) is 10.1 Å². The Bertz CT molecular complexity index is 1190. The maximum absolute atomic E-state index is 14.4. The Balaban J connectivity index is 1.60. The number of rotatable bonds is 7. The fourth-order valence-corrected chi connectivity index (χ4v) is 4.92. The summed E-state index contributed by atoms with van der Waals surface area (Å²) < 4.78 is 34.3. The van der Waals surface area contributed by atoms with Crippen LogP contribution in [0.25, 0.3) is 0 Å². The molecule has 1 aliphatic heterocycles. The molecule has 36 heavy (non-hydrogen) atoms. The van der Waals surface area contributed by atoms with Crippen molar-refractivity contribution in [2.24, 2.45) is 0 Å². The van der Waals surface area contributed by atoms with Crippen molar-refractivity contribution in [3.8, 4) is 5.75 Å². The van der Waals surface area contributed by atoms with Crippen LogP contribution in [0.15, 0.2) is 66.7 Å². The third-order valence-electron chi connectivity index (χ3n) is 6.92. The van der Waals surface area contributed by atoms with Crippen LogP contribution >= 0.6 is 0 Å². The highest BCUT2D eigenvalue weighted by atomic mass is 19.1. The van der Waals surface area contributed by atoms with E-state index in [2.05, 4.69) is 38.2 Å². The summed E-state index contributed by atoms with van der Waals surface area (Å²) in [4.78, 5) is 15.3. The number of methoxy groups -OCH3 is 1. The molecule has 0 aliphatic carbocycles. The second-order valence-electron chi connectivity index (χ2n) is 10.4. The predicted molar refractivity (Wildman–Crippen MR) is 138 cm³/mol. The number of nitrogens with one attached hydrogen (secondary N) is 1. The molecule has 2 unspecified atom stereocenters. The maximum Gasteiger partial charge on any atom is 0.228 e. The van der Waals surface area contributed by atoms with Gasteiger partial charge in [-0.1, -0.05) is 69.3 Å². The van der Waals surface area contributed by atoms with Gasteiger partial charge in [-0.15, -0.1) is 0 Å². The van der Waals surface area contributed by atoms with Crippen molar-refractivity contribution in [3.63, 3.8) is 0 Å². The van der Waals surface area contributed by atoms with Gasteiger partial charge in [-0.2, -0.15) is 0 Å². The van der Waals surface area contributed by atoms with E-state index in [0.717, 1.165) is 29.7 Å². The number of amides is 1. The molecule has 2 atom stereocenters. The number of halogens is 2. The quantitative estimate of drug-likeness (QED) is 0.421. The Hall–Kier alpha value is -3.25. The van der Waals surface area contributed by atoms with Gasteiger partial charge < -0.3 is 9.64 Å². The first-order chi connectivity index (χ1) is 17.2. The standard InChI is InChI=1S/C30H34F2N2O2/c1-30(2,3)22-13-15-27(36-4)21(17-22)19-33-28-16-14-26(20-9-6-5-7-10-20)34(28)29(35)18-23-24(31)11-8-12-25(23)32/h5-13,15,17,26,28,33H,14,16,18-19H2,1-4H3. The van der Waals surface area contributed by atoms with Crippen LogP contribution in [0.5, 0.6) is 5.75 Å². The zero-order valence-electron chi connectivity index (χ0n) is 21.4. The van der Waals surface area contributed by atoms with Crippen LogP contribution in [0.1, 0.15) is 61.9 Å². The molecule has 1 heterocycles. The zero-order valence-corrected chi connectivity index (χ0v) is 21.4. The summed E-state index contributed by atoms with van der Waals surface area (Å²) in [6, 6.07) is 19.5. The molecule has 0 radical (unpaired) electrons. The Kier molecular flexibility index (Phi) is 7.74. The van der Waals surface area contributed by atoms with E-state index in [0.29, 0.717) is 6.54 Å². The monoisotopic (exact) mass is 492 g/mol. The molecule has 1 N–H and O–H groups in total. The van der Waals surface area contributed by atoms with Crippen LogP contribution < -0.4 is 10.1 Å². The van der Waals surface area contributed by atoms with Crippen LogP contribution in [-0.2, 0) is 23.2 Å². The minimum atomic E-state index is -0.702.